The number of nitrogens with zero attached hydrogens (tertiary/aromatic N) is 1. The molecule has 1 heterocycles. The second kappa shape index (κ2) is 2.10. The van der Waals surface area contributed by atoms with Crippen LogP contribution in [0.2, 0.25) is 0 Å². The topological polar surface area (TPSA) is 32.3 Å². The van der Waals surface area contributed by atoms with Crippen molar-refractivity contribution in [2.24, 2.45) is 0 Å². The van der Waals surface area contributed by atoms with Crippen LogP contribution < -0.4 is 0 Å². The summed E-state index contributed by atoms with van der Waals surface area (Å²) in [5, 5.41) is 11.2. The molecule has 0 bridgehead atoms. The van der Waals surface area contributed by atoms with Crippen LogP contribution in [0, 0.1) is 5.21 Å². The summed E-state index contributed by atoms with van der Waals surface area (Å²) >= 11 is 0. The normalized spacial score (nSPS) is 43.1. The molecule has 2 atom stereocenters. The Bertz CT molecular complexity index is 126. The average Bonchev–Trinajstić information content (AvgIpc) is 2.13. The first kappa shape index (κ1) is 6.74. The van der Waals surface area contributed by atoms with Gasteiger partial charge in [0.2, 0.25) is 0 Å². The van der Waals surface area contributed by atoms with E-state index in [1.54, 1.807) is 0 Å². The molecule has 0 aliphatic carbocycles. The summed E-state index contributed by atoms with van der Waals surface area (Å²) in [4.78, 5) is 0. The van der Waals surface area contributed by atoms with E-state index in [9.17, 15) is 5.21 Å². The highest BCUT2D eigenvalue weighted by molar-refractivity contribution is 4.63. The van der Waals surface area contributed by atoms with E-state index < -0.39 is 4.65 Å². The fourth-order valence-corrected chi connectivity index (χ4v) is 0.921. The lowest BCUT2D eigenvalue weighted by molar-refractivity contribution is -0.826. The molecule has 0 amide bonds. The summed E-state index contributed by atoms with van der Waals surface area (Å²) in [6.45, 7) is 6.05. The summed E-state index contributed by atoms with van der Waals surface area (Å²) in [7, 11) is 0. The summed E-state index contributed by atoms with van der Waals surface area (Å²) < 4.78 is 4.65. The fraction of sp³-hybridized carbons (Fsp3) is 0.667. The molecule has 1 saturated heterocycles. The molecule has 2 unspecified atom stereocenters. The number of ether oxygens (including phenoxy) is 1. The first-order valence-electron chi connectivity index (χ1n) is 2.99. The van der Waals surface area contributed by atoms with Crippen molar-refractivity contribution in [2.45, 2.75) is 13.0 Å². The summed E-state index contributed by atoms with van der Waals surface area (Å²) in [5.41, 5.74) is 0. The highest BCUT2D eigenvalue weighted by Gasteiger charge is 2.26. The second-order valence-electron chi connectivity index (χ2n) is 2.42. The Kier molecular flexibility index (Phi) is 1.57. The third-order valence-electron chi connectivity index (χ3n) is 1.48. The van der Waals surface area contributed by atoms with Gasteiger partial charge in [0.25, 0.3) is 0 Å². The average molecular weight is 129 g/mol. The van der Waals surface area contributed by atoms with Crippen LogP contribution in [-0.2, 0) is 4.74 Å². The third-order valence-corrected chi connectivity index (χ3v) is 1.48. The molecule has 0 saturated carbocycles. The van der Waals surface area contributed by atoms with Crippen LogP contribution in [0.4, 0.5) is 0 Å². The van der Waals surface area contributed by atoms with Crippen molar-refractivity contribution >= 4 is 0 Å². The molecule has 52 valence electrons. The Morgan fingerprint density at radius 2 is 2.56 bits per heavy atom. The van der Waals surface area contributed by atoms with Gasteiger partial charge in [-0.05, 0) is 13.5 Å². The van der Waals surface area contributed by atoms with Crippen LogP contribution in [0.25, 0.3) is 0 Å². The van der Waals surface area contributed by atoms with Crippen LogP contribution in [-0.4, -0.2) is 24.0 Å². The summed E-state index contributed by atoms with van der Waals surface area (Å²) in [6, 6.07) is 0. The molecule has 1 aliphatic rings. The maximum atomic E-state index is 11.2. The molecule has 9 heavy (non-hydrogen) atoms. The molecule has 1 rings (SSSR count). The molecule has 1 fully saturated rings. The Hall–Kier alpha value is -0.380. The molecule has 0 aromatic heterocycles. The van der Waals surface area contributed by atoms with Gasteiger partial charge in [-0.1, -0.05) is 0 Å². The van der Waals surface area contributed by atoms with E-state index >= 15 is 0 Å². The lowest BCUT2D eigenvalue weighted by Crippen LogP contribution is -2.33. The van der Waals surface area contributed by atoms with E-state index in [4.69, 9.17) is 4.74 Å². The molecule has 0 spiro atoms. The van der Waals surface area contributed by atoms with E-state index in [1.807, 2.05) is 6.92 Å². The van der Waals surface area contributed by atoms with Crippen molar-refractivity contribution in [2.75, 3.05) is 13.3 Å². The first-order valence-corrected chi connectivity index (χ1v) is 2.99. The van der Waals surface area contributed by atoms with Crippen LogP contribution >= 0.6 is 0 Å². The van der Waals surface area contributed by atoms with Crippen LogP contribution in [0.3, 0.4) is 0 Å². The molecule has 1 aliphatic heterocycles. The van der Waals surface area contributed by atoms with Gasteiger partial charge in [0.05, 0.1) is 6.20 Å². The Morgan fingerprint density at radius 1 is 1.89 bits per heavy atom. The van der Waals surface area contributed by atoms with Gasteiger partial charge in [0, 0.05) is 0 Å². The van der Waals surface area contributed by atoms with Crippen LogP contribution in [0.15, 0.2) is 12.8 Å². The minimum absolute atomic E-state index is 0.0838. The van der Waals surface area contributed by atoms with Gasteiger partial charge in [0.1, 0.15) is 12.6 Å². The molecule has 0 radical (unpaired) electrons. The molecule has 0 N–H and O–H groups in total. The molecule has 3 nitrogen and oxygen atoms in total. The number of hydrogen-bond acceptors (Lipinski definition) is 2. The summed E-state index contributed by atoms with van der Waals surface area (Å²) in [5.74, 6) is 0. The molecule has 3 heteroatoms. The predicted octanol–water partition coefficient (Wildman–Crippen LogP) is 0.821. The zero-order chi connectivity index (χ0) is 6.91. The molecular weight excluding hydrogens is 118 g/mol. The third kappa shape index (κ3) is 1.30. The maximum absolute atomic E-state index is 11.2. The Morgan fingerprint density at radius 3 is 2.78 bits per heavy atom. The van der Waals surface area contributed by atoms with Crippen molar-refractivity contribution in [3.63, 3.8) is 0 Å². The minimum atomic E-state index is -0.402. The highest BCUT2D eigenvalue weighted by atomic mass is 16.6. The number of rotatable bonds is 1. The smallest absolute Gasteiger partial charge is 0.187 e. The van der Waals surface area contributed by atoms with E-state index in [-0.39, 0.29) is 12.8 Å². The SMILES string of the molecule is C=C[N+]1([O-])COC(C)C1. The Labute approximate surface area is 54.7 Å². The Balaban J connectivity index is 2.54. The van der Waals surface area contributed by atoms with Gasteiger partial charge < -0.3 is 14.6 Å². The van der Waals surface area contributed by atoms with Crippen molar-refractivity contribution in [1.82, 2.24) is 0 Å². The minimum Gasteiger partial charge on any atom is -0.626 e. The van der Waals surface area contributed by atoms with Crippen LogP contribution in [0.5, 0.6) is 0 Å². The lowest BCUT2D eigenvalue weighted by atomic mass is 10.4. The fourth-order valence-electron chi connectivity index (χ4n) is 0.921. The molecular formula is C6H11NO2. The van der Waals surface area contributed by atoms with Gasteiger partial charge in [-0.2, -0.15) is 0 Å². The van der Waals surface area contributed by atoms with Crippen molar-refractivity contribution in [1.29, 1.82) is 0 Å². The number of quaternary nitrogens is 1. The second-order valence-corrected chi connectivity index (χ2v) is 2.42. The lowest BCUT2D eigenvalue weighted by Gasteiger charge is -2.31. The maximum Gasteiger partial charge on any atom is 0.187 e. The monoisotopic (exact) mass is 129 g/mol. The standard InChI is InChI=1S/C6H11NO2/c1-3-7(8)4-6(2)9-5-7/h3,6H,1,4-5H2,2H3. The van der Waals surface area contributed by atoms with E-state index in [2.05, 4.69) is 6.58 Å². The number of hydroxylamine groups is 3. The zero-order valence-corrected chi connectivity index (χ0v) is 5.54. The van der Waals surface area contributed by atoms with E-state index in [0.717, 1.165) is 0 Å². The van der Waals surface area contributed by atoms with Gasteiger partial charge in [0.15, 0.2) is 6.73 Å². The zero-order valence-electron chi connectivity index (χ0n) is 5.54. The quantitative estimate of drug-likeness (QED) is 0.388. The summed E-state index contributed by atoms with van der Waals surface area (Å²) in [6.07, 6.45) is 1.46. The van der Waals surface area contributed by atoms with E-state index in [1.165, 1.54) is 6.20 Å². The van der Waals surface area contributed by atoms with Gasteiger partial charge in [-0.15, -0.1) is 0 Å². The number of hydrogen-bond donors (Lipinski definition) is 0. The predicted molar refractivity (Wildman–Crippen MR) is 34.1 cm³/mol. The van der Waals surface area contributed by atoms with E-state index in [0.29, 0.717) is 6.54 Å². The largest absolute Gasteiger partial charge is 0.626 e. The molecule has 0 aromatic carbocycles. The van der Waals surface area contributed by atoms with Crippen molar-refractivity contribution in [3.05, 3.63) is 18.0 Å². The van der Waals surface area contributed by atoms with Crippen molar-refractivity contribution < 1.29 is 9.38 Å². The highest BCUT2D eigenvalue weighted by Crippen LogP contribution is 2.16. The van der Waals surface area contributed by atoms with Gasteiger partial charge in [-0.3, -0.25) is 0 Å². The first-order chi connectivity index (χ1) is 4.16. The van der Waals surface area contributed by atoms with Crippen LogP contribution in [0.1, 0.15) is 6.92 Å². The van der Waals surface area contributed by atoms with Gasteiger partial charge >= 0.3 is 0 Å². The van der Waals surface area contributed by atoms with Gasteiger partial charge in [-0.25, -0.2) is 0 Å². The molecule has 0 aromatic rings. The van der Waals surface area contributed by atoms with Crippen molar-refractivity contribution in [3.8, 4) is 0 Å².